The molecule has 13 heavy (non-hydrogen) atoms. The molecule has 1 atom stereocenters. The molecule has 1 nitrogen and oxygen atoms in total. The highest BCUT2D eigenvalue weighted by Gasteiger charge is 2.03. The van der Waals surface area contributed by atoms with Crippen LogP contribution >= 0.6 is 0 Å². The van der Waals surface area contributed by atoms with Crippen LogP contribution in [0.25, 0.3) is 0 Å². The summed E-state index contributed by atoms with van der Waals surface area (Å²) in [7, 11) is 0. The van der Waals surface area contributed by atoms with Crippen molar-refractivity contribution in [3.63, 3.8) is 0 Å². The molecule has 68 valence electrons. The summed E-state index contributed by atoms with van der Waals surface area (Å²) in [6.07, 6.45) is 7.41. The molecule has 1 rings (SSSR count). The third-order valence-electron chi connectivity index (χ3n) is 2.08. The van der Waals surface area contributed by atoms with Gasteiger partial charge < -0.3 is 5.73 Å². The number of benzene rings is 1. The van der Waals surface area contributed by atoms with E-state index in [2.05, 4.69) is 12.8 Å². The van der Waals surface area contributed by atoms with E-state index in [1.165, 1.54) is 0 Å². The lowest BCUT2D eigenvalue weighted by atomic mass is 10.0. The maximum atomic E-state index is 5.96. The first-order valence-electron chi connectivity index (χ1n) is 4.60. The molecular weight excluding hydrogens is 158 g/mol. The summed E-state index contributed by atoms with van der Waals surface area (Å²) in [5.41, 5.74) is 8.00. The van der Waals surface area contributed by atoms with Gasteiger partial charge in [0.25, 0.3) is 0 Å². The lowest BCUT2D eigenvalue weighted by molar-refractivity contribution is 0.638. The van der Waals surface area contributed by atoms with Crippen molar-refractivity contribution in [3.05, 3.63) is 35.4 Å². The molecule has 0 aliphatic carbocycles. The third kappa shape index (κ3) is 2.61. The summed E-state index contributed by atoms with van der Waals surface area (Å²) in [6, 6.07) is 8.02. The van der Waals surface area contributed by atoms with E-state index in [9.17, 15) is 0 Å². The third-order valence-corrected chi connectivity index (χ3v) is 2.08. The van der Waals surface area contributed by atoms with Gasteiger partial charge >= 0.3 is 0 Å². The van der Waals surface area contributed by atoms with E-state index < -0.39 is 0 Å². The highest BCUT2D eigenvalue weighted by Crippen LogP contribution is 2.16. The predicted octanol–water partition coefficient (Wildman–Crippen LogP) is 2.47. The molecule has 0 aromatic heterocycles. The van der Waals surface area contributed by atoms with Crippen molar-refractivity contribution < 1.29 is 0 Å². The molecule has 0 amide bonds. The van der Waals surface area contributed by atoms with E-state index in [1.807, 2.05) is 24.3 Å². The first-order valence-corrected chi connectivity index (χ1v) is 4.60. The fourth-order valence-electron chi connectivity index (χ4n) is 1.34. The Hall–Kier alpha value is -1.26. The largest absolute Gasteiger partial charge is 0.324 e. The zero-order valence-electron chi connectivity index (χ0n) is 7.96. The van der Waals surface area contributed by atoms with Gasteiger partial charge in [0, 0.05) is 11.6 Å². The van der Waals surface area contributed by atoms with Crippen LogP contribution in [0.4, 0.5) is 0 Å². The molecule has 2 N–H and O–H groups in total. The average Bonchev–Trinajstić information content (AvgIpc) is 2.18. The Morgan fingerprint density at radius 2 is 2.31 bits per heavy atom. The molecule has 0 spiro atoms. The predicted molar refractivity (Wildman–Crippen MR) is 56.2 cm³/mol. The van der Waals surface area contributed by atoms with Crippen molar-refractivity contribution in [1.29, 1.82) is 0 Å². The smallest absolute Gasteiger partial charge is 0.0295 e. The van der Waals surface area contributed by atoms with Crippen molar-refractivity contribution in [2.75, 3.05) is 0 Å². The highest BCUT2D eigenvalue weighted by atomic mass is 14.6. The molecule has 0 bridgehead atoms. The number of hydrogen-bond acceptors (Lipinski definition) is 1. The second-order valence-corrected chi connectivity index (χ2v) is 3.16. The first kappa shape index (κ1) is 9.83. The fourth-order valence-corrected chi connectivity index (χ4v) is 1.34. The van der Waals surface area contributed by atoms with E-state index >= 15 is 0 Å². The lowest BCUT2D eigenvalue weighted by Gasteiger charge is -2.10. The van der Waals surface area contributed by atoms with Gasteiger partial charge in [0.15, 0.2) is 0 Å². The van der Waals surface area contributed by atoms with Gasteiger partial charge in [-0.3, -0.25) is 0 Å². The zero-order chi connectivity index (χ0) is 9.68. The molecule has 1 aromatic rings. The van der Waals surface area contributed by atoms with Gasteiger partial charge in [-0.1, -0.05) is 31.4 Å². The minimum Gasteiger partial charge on any atom is -0.324 e. The molecule has 0 aliphatic heterocycles. The maximum absolute atomic E-state index is 5.96. The Balaban J connectivity index is 2.83. The lowest BCUT2D eigenvalue weighted by Crippen LogP contribution is -2.09. The van der Waals surface area contributed by atoms with Crippen molar-refractivity contribution in [2.24, 2.45) is 5.73 Å². The Labute approximate surface area is 80.0 Å². The summed E-state index contributed by atoms with van der Waals surface area (Å²) in [5.74, 6) is 2.61. The van der Waals surface area contributed by atoms with Crippen LogP contribution in [-0.2, 0) is 0 Å². The zero-order valence-corrected chi connectivity index (χ0v) is 7.96. The van der Waals surface area contributed by atoms with Gasteiger partial charge in [-0.05, 0) is 24.1 Å². The summed E-state index contributed by atoms with van der Waals surface area (Å²) < 4.78 is 0. The Bertz CT molecular complexity index is 309. The first-order chi connectivity index (χ1) is 6.27. The highest BCUT2D eigenvalue weighted by molar-refractivity contribution is 5.36. The molecule has 0 fully saturated rings. The molecule has 0 radical (unpaired) electrons. The van der Waals surface area contributed by atoms with E-state index in [4.69, 9.17) is 12.2 Å². The quantitative estimate of drug-likeness (QED) is 0.698. The minimum absolute atomic E-state index is 0.123. The maximum Gasteiger partial charge on any atom is 0.0295 e. The van der Waals surface area contributed by atoms with Crippen LogP contribution in [0.5, 0.6) is 0 Å². The Morgan fingerprint density at radius 3 is 2.92 bits per heavy atom. The van der Waals surface area contributed by atoms with Gasteiger partial charge in [0.05, 0.1) is 0 Å². The number of rotatable bonds is 3. The second kappa shape index (κ2) is 4.69. The van der Waals surface area contributed by atoms with Crippen LogP contribution in [0.1, 0.15) is 36.9 Å². The fraction of sp³-hybridized carbons (Fsp3) is 0.333. The Morgan fingerprint density at radius 1 is 1.54 bits per heavy atom. The van der Waals surface area contributed by atoms with Crippen LogP contribution in [0.2, 0.25) is 0 Å². The minimum atomic E-state index is 0.123. The molecule has 0 heterocycles. The Kier molecular flexibility index (Phi) is 3.54. The van der Waals surface area contributed by atoms with E-state index in [1.54, 1.807) is 0 Å². The molecule has 0 aliphatic rings. The monoisotopic (exact) mass is 173 g/mol. The summed E-state index contributed by atoms with van der Waals surface area (Å²) >= 11 is 0. The second-order valence-electron chi connectivity index (χ2n) is 3.16. The topological polar surface area (TPSA) is 26.0 Å². The summed E-state index contributed by atoms with van der Waals surface area (Å²) in [6.45, 7) is 2.13. The van der Waals surface area contributed by atoms with E-state index in [-0.39, 0.29) is 6.04 Å². The standard InChI is InChI=1S/C12H15N/c1-3-6-12(13)11-8-5-7-10(4-2)9-11/h2,5,7-9,12H,3,6,13H2,1H3/t12-/m1/s1. The van der Waals surface area contributed by atoms with Gasteiger partial charge in [0.2, 0.25) is 0 Å². The van der Waals surface area contributed by atoms with Crippen LogP contribution in [0.3, 0.4) is 0 Å². The van der Waals surface area contributed by atoms with Gasteiger partial charge in [-0.25, -0.2) is 0 Å². The molecule has 0 unspecified atom stereocenters. The van der Waals surface area contributed by atoms with Crippen molar-refractivity contribution in [3.8, 4) is 12.3 Å². The van der Waals surface area contributed by atoms with Crippen molar-refractivity contribution >= 4 is 0 Å². The number of hydrogen-bond donors (Lipinski definition) is 1. The summed E-state index contributed by atoms with van der Waals surface area (Å²) in [4.78, 5) is 0. The summed E-state index contributed by atoms with van der Waals surface area (Å²) in [5, 5.41) is 0. The normalized spacial score (nSPS) is 12.1. The van der Waals surface area contributed by atoms with E-state index in [0.717, 1.165) is 24.0 Å². The van der Waals surface area contributed by atoms with Gasteiger partial charge in [-0.15, -0.1) is 6.42 Å². The van der Waals surface area contributed by atoms with Crippen LogP contribution < -0.4 is 5.73 Å². The van der Waals surface area contributed by atoms with Crippen molar-refractivity contribution in [2.45, 2.75) is 25.8 Å². The number of nitrogens with two attached hydrogens (primary N) is 1. The van der Waals surface area contributed by atoms with Gasteiger partial charge in [0.1, 0.15) is 0 Å². The van der Waals surface area contributed by atoms with Crippen LogP contribution in [0.15, 0.2) is 24.3 Å². The average molecular weight is 173 g/mol. The van der Waals surface area contributed by atoms with Crippen LogP contribution in [0, 0.1) is 12.3 Å². The molecular formula is C12H15N. The molecule has 0 saturated heterocycles. The van der Waals surface area contributed by atoms with Gasteiger partial charge in [-0.2, -0.15) is 0 Å². The molecule has 1 aromatic carbocycles. The SMILES string of the molecule is C#Cc1cccc([C@H](N)CCC)c1. The number of terminal acetylenes is 1. The van der Waals surface area contributed by atoms with Crippen molar-refractivity contribution in [1.82, 2.24) is 0 Å². The van der Waals surface area contributed by atoms with Crippen LogP contribution in [-0.4, -0.2) is 0 Å². The molecule has 1 heteroatoms. The molecule has 0 saturated carbocycles. The van der Waals surface area contributed by atoms with E-state index in [0.29, 0.717) is 0 Å².